The van der Waals surface area contributed by atoms with Crippen molar-refractivity contribution in [1.29, 1.82) is 10.5 Å². The molecule has 1 heterocycles. The average molecular weight is 228 g/mol. The minimum absolute atomic E-state index is 0.0346. The highest BCUT2D eigenvalue weighted by Crippen LogP contribution is 2.48. The number of nitriles is 2. The first-order valence-corrected chi connectivity index (χ1v) is 5.70. The Balaban J connectivity index is 2.52. The molecular formula is C13H16N4. The highest BCUT2D eigenvalue weighted by atomic mass is 15.1. The highest BCUT2D eigenvalue weighted by molar-refractivity contribution is 5.39. The molecule has 3 unspecified atom stereocenters. The number of aromatic nitrogens is 1. The molecule has 1 aromatic rings. The summed E-state index contributed by atoms with van der Waals surface area (Å²) in [5, 5.41) is 18.3. The summed E-state index contributed by atoms with van der Waals surface area (Å²) in [7, 11) is 5.96. The van der Waals surface area contributed by atoms with Crippen molar-refractivity contribution in [2.75, 3.05) is 14.1 Å². The van der Waals surface area contributed by atoms with Crippen LogP contribution in [0.4, 0.5) is 0 Å². The van der Waals surface area contributed by atoms with Crippen molar-refractivity contribution < 1.29 is 0 Å². The minimum atomic E-state index is -0.123. The number of hydrogen-bond donors (Lipinski definition) is 0. The maximum atomic E-state index is 9.37. The maximum absolute atomic E-state index is 9.37. The molecule has 0 bridgehead atoms. The lowest BCUT2D eigenvalue weighted by Gasteiger charge is -2.24. The Morgan fingerprint density at radius 2 is 2.12 bits per heavy atom. The van der Waals surface area contributed by atoms with Crippen LogP contribution >= 0.6 is 0 Å². The van der Waals surface area contributed by atoms with Gasteiger partial charge in [0, 0.05) is 31.3 Å². The molecule has 0 saturated heterocycles. The molecule has 4 nitrogen and oxygen atoms in total. The fourth-order valence-electron chi connectivity index (χ4n) is 2.95. The zero-order chi connectivity index (χ0) is 12.6. The Hall–Kier alpha value is -1.78. The van der Waals surface area contributed by atoms with Gasteiger partial charge in [-0.2, -0.15) is 10.5 Å². The molecule has 0 aliphatic heterocycles. The second-order valence-electron chi connectivity index (χ2n) is 4.80. The van der Waals surface area contributed by atoms with Crippen molar-refractivity contribution >= 4 is 0 Å². The predicted octanol–water partition coefficient (Wildman–Crippen LogP) is 1.78. The highest BCUT2D eigenvalue weighted by Gasteiger charge is 2.43. The lowest BCUT2D eigenvalue weighted by atomic mass is 9.90. The molecule has 1 aromatic heterocycles. The number of nitrogens with zero attached hydrogens (tertiary/aromatic N) is 4. The summed E-state index contributed by atoms with van der Waals surface area (Å²) < 4.78 is 2.05. The Kier molecular flexibility index (Phi) is 2.92. The molecule has 0 amide bonds. The van der Waals surface area contributed by atoms with Crippen molar-refractivity contribution in [3.63, 3.8) is 0 Å². The standard InChI is InChI=1S/C13H16N4/c1-16(2)12-10-5-7-17(3)13(10)9(4-6-14)11(12)8-15/h5,7,9,11-12H,4H2,1-3H3. The largest absolute Gasteiger partial charge is 0.354 e. The summed E-state index contributed by atoms with van der Waals surface area (Å²) in [6, 6.07) is 6.77. The van der Waals surface area contributed by atoms with Crippen LogP contribution in [0.1, 0.15) is 29.6 Å². The van der Waals surface area contributed by atoms with E-state index in [1.165, 1.54) is 5.56 Å². The molecule has 1 aliphatic carbocycles. The molecule has 3 atom stereocenters. The SMILES string of the molecule is CN(C)C1c2ccn(C)c2C(CC#N)C1C#N. The van der Waals surface area contributed by atoms with Gasteiger partial charge in [-0.3, -0.25) is 0 Å². The van der Waals surface area contributed by atoms with E-state index >= 15 is 0 Å². The molecule has 4 heteroatoms. The van der Waals surface area contributed by atoms with Gasteiger partial charge in [0.15, 0.2) is 0 Å². The first-order chi connectivity index (χ1) is 8.11. The van der Waals surface area contributed by atoms with E-state index in [0.29, 0.717) is 6.42 Å². The van der Waals surface area contributed by atoms with Crippen LogP contribution in [-0.4, -0.2) is 23.6 Å². The third-order valence-corrected chi connectivity index (χ3v) is 3.61. The molecule has 2 rings (SSSR count). The maximum Gasteiger partial charge on any atom is 0.0753 e. The van der Waals surface area contributed by atoms with E-state index in [0.717, 1.165) is 5.69 Å². The molecule has 0 radical (unpaired) electrons. The Labute approximate surface area is 102 Å². The van der Waals surface area contributed by atoms with E-state index in [4.69, 9.17) is 5.26 Å². The molecule has 0 N–H and O–H groups in total. The second kappa shape index (κ2) is 4.24. The number of aryl methyl sites for hydroxylation is 1. The van der Waals surface area contributed by atoms with Crippen LogP contribution in [0.25, 0.3) is 0 Å². The quantitative estimate of drug-likeness (QED) is 0.775. The van der Waals surface area contributed by atoms with Crippen LogP contribution in [0.3, 0.4) is 0 Å². The lowest BCUT2D eigenvalue weighted by Crippen LogP contribution is -2.24. The molecular weight excluding hydrogens is 212 g/mol. The van der Waals surface area contributed by atoms with Gasteiger partial charge in [-0.25, -0.2) is 0 Å². The third kappa shape index (κ3) is 1.62. The predicted molar refractivity (Wildman–Crippen MR) is 63.9 cm³/mol. The van der Waals surface area contributed by atoms with E-state index in [2.05, 4.69) is 23.1 Å². The zero-order valence-corrected chi connectivity index (χ0v) is 10.4. The third-order valence-electron chi connectivity index (χ3n) is 3.61. The first-order valence-electron chi connectivity index (χ1n) is 5.70. The number of rotatable bonds is 2. The van der Waals surface area contributed by atoms with Crippen molar-refractivity contribution in [3.8, 4) is 12.1 Å². The fraction of sp³-hybridized carbons (Fsp3) is 0.538. The summed E-state index contributed by atoms with van der Waals surface area (Å²) >= 11 is 0. The van der Waals surface area contributed by atoms with Gasteiger partial charge < -0.3 is 9.47 Å². The van der Waals surface area contributed by atoms with Crippen molar-refractivity contribution in [2.45, 2.75) is 18.4 Å². The topological polar surface area (TPSA) is 55.8 Å². The number of fused-ring (bicyclic) bond motifs is 1. The van der Waals surface area contributed by atoms with Gasteiger partial charge in [-0.05, 0) is 25.7 Å². The van der Waals surface area contributed by atoms with Crippen molar-refractivity contribution in [3.05, 3.63) is 23.5 Å². The Morgan fingerprint density at radius 1 is 1.41 bits per heavy atom. The van der Waals surface area contributed by atoms with Gasteiger partial charge in [-0.1, -0.05) is 0 Å². The summed E-state index contributed by atoms with van der Waals surface area (Å²) in [5.41, 5.74) is 2.35. The normalized spacial score (nSPS) is 26.6. The summed E-state index contributed by atoms with van der Waals surface area (Å²) in [4.78, 5) is 2.07. The van der Waals surface area contributed by atoms with E-state index in [1.807, 2.05) is 31.9 Å². The van der Waals surface area contributed by atoms with E-state index in [1.54, 1.807) is 0 Å². The fourth-order valence-corrected chi connectivity index (χ4v) is 2.95. The molecule has 0 aromatic carbocycles. The summed E-state index contributed by atoms with van der Waals surface area (Å²) in [6.45, 7) is 0. The van der Waals surface area contributed by atoms with E-state index in [9.17, 15) is 5.26 Å². The van der Waals surface area contributed by atoms with Crippen LogP contribution in [0.15, 0.2) is 12.3 Å². The molecule has 88 valence electrons. The zero-order valence-electron chi connectivity index (χ0n) is 10.4. The molecule has 0 spiro atoms. The minimum Gasteiger partial charge on any atom is -0.354 e. The summed E-state index contributed by atoms with van der Waals surface area (Å²) in [5.74, 6) is -0.0885. The van der Waals surface area contributed by atoms with Gasteiger partial charge in [0.05, 0.1) is 24.1 Å². The van der Waals surface area contributed by atoms with Crippen LogP contribution in [0, 0.1) is 28.6 Å². The average Bonchev–Trinajstić information content (AvgIpc) is 2.78. The van der Waals surface area contributed by atoms with E-state index < -0.39 is 0 Å². The van der Waals surface area contributed by atoms with Gasteiger partial charge in [0.1, 0.15) is 0 Å². The Bertz CT molecular complexity index is 500. The smallest absolute Gasteiger partial charge is 0.0753 e. The van der Waals surface area contributed by atoms with E-state index in [-0.39, 0.29) is 17.9 Å². The lowest BCUT2D eigenvalue weighted by molar-refractivity contribution is 0.245. The van der Waals surface area contributed by atoms with Gasteiger partial charge in [0.2, 0.25) is 0 Å². The molecule has 0 fully saturated rings. The Morgan fingerprint density at radius 3 is 2.65 bits per heavy atom. The number of hydrogen-bond acceptors (Lipinski definition) is 3. The van der Waals surface area contributed by atoms with Crippen LogP contribution in [-0.2, 0) is 7.05 Å². The van der Waals surface area contributed by atoms with Gasteiger partial charge in [0.25, 0.3) is 0 Å². The summed E-state index contributed by atoms with van der Waals surface area (Å²) in [6.07, 6.45) is 2.42. The molecule has 1 aliphatic rings. The van der Waals surface area contributed by atoms with Gasteiger partial charge in [-0.15, -0.1) is 0 Å². The first kappa shape index (κ1) is 11.7. The molecule has 17 heavy (non-hydrogen) atoms. The van der Waals surface area contributed by atoms with Gasteiger partial charge >= 0.3 is 0 Å². The van der Waals surface area contributed by atoms with Crippen LogP contribution in [0.2, 0.25) is 0 Å². The van der Waals surface area contributed by atoms with Crippen molar-refractivity contribution in [2.24, 2.45) is 13.0 Å². The monoisotopic (exact) mass is 228 g/mol. The van der Waals surface area contributed by atoms with Crippen molar-refractivity contribution in [1.82, 2.24) is 9.47 Å². The van der Waals surface area contributed by atoms with Crippen LogP contribution < -0.4 is 0 Å². The second-order valence-corrected chi connectivity index (χ2v) is 4.80. The molecule has 0 saturated carbocycles. The van der Waals surface area contributed by atoms with Crippen LogP contribution in [0.5, 0.6) is 0 Å².